The molecule has 1 aliphatic heterocycles. The van der Waals surface area contributed by atoms with E-state index in [0.29, 0.717) is 18.2 Å². The Morgan fingerprint density at radius 3 is 2.62 bits per heavy atom. The summed E-state index contributed by atoms with van der Waals surface area (Å²) in [5, 5.41) is 13.8. The normalized spacial score (nSPS) is 18.8. The highest BCUT2D eigenvalue weighted by molar-refractivity contribution is 7.88. The van der Waals surface area contributed by atoms with Crippen LogP contribution in [0, 0.1) is 10.1 Å². The van der Waals surface area contributed by atoms with E-state index in [1.807, 2.05) is 0 Å². The van der Waals surface area contributed by atoms with E-state index in [-0.39, 0.29) is 11.4 Å². The quantitative estimate of drug-likeness (QED) is 0.581. The Morgan fingerprint density at radius 1 is 1.33 bits per heavy atom. The van der Waals surface area contributed by atoms with Gasteiger partial charge in [0.2, 0.25) is 10.0 Å². The van der Waals surface area contributed by atoms with Crippen LogP contribution in [0.5, 0.6) is 0 Å². The van der Waals surface area contributed by atoms with E-state index in [1.54, 1.807) is 0 Å². The van der Waals surface area contributed by atoms with E-state index < -0.39 is 14.9 Å². The fourth-order valence-electron chi connectivity index (χ4n) is 2.38. The summed E-state index contributed by atoms with van der Waals surface area (Å²) in [6, 6.07) is 5.96. The average Bonchev–Trinajstić information content (AvgIpc) is 2.91. The monoisotopic (exact) mass is 313 g/mol. The van der Waals surface area contributed by atoms with Crippen LogP contribution in [-0.4, -0.2) is 32.5 Å². The first-order valence-electron chi connectivity index (χ1n) is 6.90. The molecule has 116 valence electrons. The minimum Gasteiger partial charge on any atom is -0.314 e. The number of nitrogens with zero attached hydrogens (tertiary/aromatic N) is 1. The molecule has 0 bridgehead atoms. The summed E-state index contributed by atoms with van der Waals surface area (Å²) in [5.41, 5.74) is 0.489. The summed E-state index contributed by atoms with van der Waals surface area (Å²) in [6.07, 6.45) is 3.00. The first kappa shape index (κ1) is 15.9. The number of nitro groups is 1. The van der Waals surface area contributed by atoms with Crippen molar-refractivity contribution < 1.29 is 13.3 Å². The molecule has 0 aromatic heterocycles. The smallest absolute Gasteiger partial charge is 0.269 e. The van der Waals surface area contributed by atoms with Crippen molar-refractivity contribution in [2.75, 3.05) is 13.1 Å². The van der Waals surface area contributed by atoms with Gasteiger partial charge in [0.15, 0.2) is 0 Å². The van der Waals surface area contributed by atoms with Crippen LogP contribution in [0.3, 0.4) is 0 Å². The van der Waals surface area contributed by atoms with Gasteiger partial charge < -0.3 is 5.32 Å². The third-order valence-corrected chi connectivity index (χ3v) is 4.84. The lowest BCUT2D eigenvalue weighted by Gasteiger charge is -2.11. The number of sulfonamides is 1. The van der Waals surface area contributed by atoms with Crippen molar-refractivity contribution in [3.63, 3.8) is 0 Å². The van der Waals surface area contributed by atoms with Gasteiger partial charge in [-0.3, -0.25) is 10.1 Å². The van der Waals surface area contributed by atoms with Crippen LogP contribution in [0.2, 0.25) is 0 Å². The Kier molecular flexibility index (Phi) is 5.27. The predicted molar refractivity (Wildman–Crippen MR) is 79.4 cm³/mol. The molecule has 0 aliphatic carbocycles. The first-order valence-corrected chi connectivity index (χ1v) is 8.55. The minimum atomic E-state index is -3.41. The second-order valence-corrected chi connectivity index (χ2v) is 6.97. The fraction of sp³-hybridized carbons (Fsp3) is 0.538. The van der Waals surface area contributed by atoms with Crippen molar-refractivity contribution >= 4 is 15.7 Å². The fourth-order valence-corrected chi connectivity index (χ4v) is 3.54. The van der Waals surface area contributed by atoms with Gasteiger partial charge in [0.1, 0.15) is 0 Å². The molecule has 0 radical (unpaired) electrons. The van der Waals surface area contributed by atoms with Crippen LogP contribution >= 0.6 is 0 Å². The van der Waals surface area contributed by atoms with Crippen LogP contribution in [-0.2, 0) is 15.8 Å². The maximum atomic E-state index is 11.9. The van der Waals surface area contributed by atoms with E-state index in [4.69, 9.17) is 0 Å². The molecule has 2 rings (SSSR count). The maximum Gasteiger partial charge on any atom is 0.269 e. The maximum absolute atomic E-state index is 11.9. The van der Waals surface area contributed by atoms with Gasteiger partial charge in [-0.25, -0.2) is 13.1 Å². The summed E-state index contributed by atoms with van der Waals surface area (Å²) in [4.78, 5) is 10.0. The zero-order chi connectivity index (χ0) is 15.3. The van der Waals surface area contributed by atoms with Crippen molar-refractivity contribution in [3.05, 3.63) is 39.9 Å². The van der Waals surface area contributed by atoms with E-state index >= 15 is 0 Å². The van der Waals surface area contributed by atoms with Crippen LogP contribution < -0.4 is 10.0 Å². The van der Waals surface area contributed by atoms with Gasteiger partial charge in [-0.2, -0.15) is 0 Å². The molecule has 8 heteroatoms. The summed E-state index contributed by atoms with van der Waals surface area (Å²) < 4.78 is 26.4. The van der Waals surface area contributed by atoms with Gasteiger partial charge in [0.25, 0.3) is 5.69 Å². The number of rotatable bonds is 7. The number of nitro benzene ring substituents is 1. The Bertz CT molecular complexity index is 580. The van der Waals surface area contributed by atoms with Crippen molar-refractivity contribution in [2.24, 2.45) is 0 Å². The van der Waals surface area contributed by atoms with Gasteiger partial charge >= 0.3 is 0 Å². The number of hydrogen-bond acceptors (Lipinski definition) is 5. The summed E-state index contributed by atoms with van der Waals surface area (Å²) in [5.74, 6) is -0.164. The van der Waals surface area contributed by atoms with Gasteiger partial charge in [-0.1, -0.05) is 12.1 Å². The molecule has 2 N–H and O–H groups in total. The molecular weight excluding hydrogens is 294 g/mol. The first-order chi connectivity index (χ1) is 9.96. The third kappa shape index (κ3) is 5.07. The van der Waals surface area contributed by atoms with E-state index in [9.17, 15) is 18.5 Å². The van der Waals surface area contributed by atoms with Crippen molar-refractivity contribution in [3.8, 4) is 0 Å². The SMILES string of the molecule is O=[N+]([O-])c1ccc(CS(=O)(=O)NCCC2CCCN2)cc1. The van der Waals surface area contributed by atoms with E-state index in [1.165, 1.54) is 24.3 Å². The molecule has 0 amide bonds. The summed E-state index contributed by atoms with van der Waals surface area (Å²) in [6.45, 7) is 1.41. The number of benzene rings is 1. The third-order valence-electron chi connectivity index (χ3n) is 3.48. The molecule has 7 nitrogen and oxygen atoms in total. The van der Waals surface area contributed by atoms with Crippen LogP contribution in [0.4, 0.5) is 5.69 Å². The largest absolute Gasteiger partial charge is 0.314 e. The lowest BCUT2D eigenvalue weighted by molar-refractivity contribution is -0.384. The Morgan fingerprint density at radius 2 is 2.05 bits per heavy atom. The molecule has 1 aromatic carbocycles. The van der Waals surface area contributed by atoms with Gasteiger partial charge in [-0.15, -0.1) is 0 Å². The van der Waals surface area contributed by atoms with E-state index in [0.717, 1.165) is 25.8 Å². The zero-order valence-electron chi connectivity index (χ0n) is 11.6. The minimum absolute atomic E-state index is 0.0450. The van der Waals surface area contributed by atoms with Crippen LogP contribution in [0.1, 0.15) is 24.8 Å². The molecule has 0 saturated carbocycles. The van der Waals surface area contributed by atoms with Crippen LogP contribution in [0.25, 0.3) is 0 Å². The lowest BCUT2D eigenvalue weighted by atomic mass is 10.2. The van der Waals surface area contributed by atoms with Gasteiger partial charge in [-0.05, 0) is 31.4 Å². The standard InChI is InChI=1S/C13H19N3O4S/c17-16(18)13-5-3-11(4-6-13)10-21(19,20)15-9-7-12-2-1-8-14-12/h3-6,12,14-15H,1-2,7-10H2. The number of hydrogen-bond donors (Lipinski definition) is 2. The second-order valence-electron chi connectivity index (χ2n) is 5.16. The molecule has 1 heterocycles. The van der Waals surface area contributed by atoms with Crippen molar-refractivity contribution in [1.82, 2.24) is 10.0 Å². The van der Waals surface area contributed by atoms with Crippen molar-refractivity contribution in [2.45, 2.75) is 31.1 Å². The summed E-state index contributed by atoms with van der Waals surface area (Å²) >= 11 is 0. The molecule has 1 saturated heterocycles. The molecular formula is C13H19N3O4S. The highest BCUT2D eigenvalue weighted by atomic mass is 32.2. The van der Waals surface area contributed by atoms with E-state index in [2.05, 4.69) is 10.0 Å². The topological polar surface area (TPSA) is 101 Å². The van der Waals surface area contributed by atoms with Gasteiger partial charge in [0.05, 0.1) is 10.7 Å². The molecule has 1 unspecified atom stereocenters. The molecule has 21 heavy (non-hydrogen) atoms. The highest BCUT2D eigenvalue weighted by Gasteiger charge is 2.16. The highest BCUT2D eigenvalue weighted by Crippen LogP contribution is 2.14. The molecule has 1 atom stereocenters. The lowest BCUT2D eigenvalue weighted by Crippen LogP contribution is -2.31. The van der Waals surface area contributed by atoms with Gasteiger partial charge in [0, 0.05) is 24.7 Å². The summed E-state index contributed by atoms with van der Waals surface area (Å²) in [7, 11) is -3.41. The number of non-ortho nitro benzene ring substituents is 1. The Hall–Kier alpha value is -1.51. The molecule has 1 aliphatic rings. The zero-order valence-corrected chi connectivity index (χ0v) is 12.4. The number of nitrogens with one attached hydrogen (secondary N) is 2. The molecule has 1 aromatic rings. The van der Waals surface area contributed by atoms with Crippen molar-refractivity contribution in [1.29, 1.82) is 0 Å². The Balaban J connectivity index is 1.83. The Labute approximate surface area is 123 Å². The second kappa shape index (κ2) is 6.97. The van der Waals surface area contributed by atoms with Crippen LogP contribution in [0.15, 0.2) is 24.3 Å². The molecule has 1 fully saturated rings. The predicted octanol–water partition coefficient (Wildman–Crippen LogP) is 1.16. The average molecular weight is 313 g/mol. The molecule has 0 spiro atoms.